The first kappa shape index (κ1) is 22.7. The third-order valence-electron chi connectivity index (χ3n) is 6.45. The van der Waals surface area contributed by atoms with Crippen LogP contribution in [0.1, 0.15) is 29.0 Å². The molecule has 5 heteroatoms. The lowest BCUT2D eigenvalue weighted by molar-refractivity contribution is -0.151. The predicted molar refractivity (Wildman–Crippen MR) is 129 cm³/mol. The van der Waals surface area contributed by atoms with E-state index in [9.17, 15) is 9.59 Å². The van der Waals surface area contributed by atoms with Crippen molar-refractivity contribution in [2.24, 2.45) is 0 Å². The summed E-state index contributed by atoms with van der Waals surface area (Å²) in [6, 6.07) is 29.2. The molecule has 1 amide bonds. The van der Waals surface area contributed by atoms with E-state index in [4.69, 9.17) is 4.74 Å². The lowest BCUT2D eigenvalue weighted by atomic mass is 9.90. The molecule has 0 spiro atoms. The molecule has 0 aliphatic carbocycles. The average Bonchev–Trinajstić information content (AvgIpc) is 3.31. The first-order valence-electron chi connectivity index (χ1n) is 11.3. The average molecular weight is 443 g/mol. The van der Waals surface area contributed by atoms with Crippen molar-refractivity contribution < 1.29 is 14.3 Å². The van der Waals surface area contributed by atoms with E-state index in [-0.39, 0.29) is 17.9 Å². The predicted octanol–water partition coefficient (Wildman–Crippen LogP) is 4.09. The summed E-state index contributed by atoms with van der Waals surface area (Å²) in [6.45, 7) is 1.24. The van der Waals surface area contributed by atoms with Gasteiger partial charge < -0.3 is 9.64 Å². The fourth-order valence-corrected chi connectivity index (χ4v) is 4.67. The first-order valence-corrected chi connectivity index (χ1v) is 11.3. The Labute approximate surface area is 195 Å². The SMILES string of the molecule is COC(=O)[C@@H]1C[C@H](N(C)Cc2ccccc2)CN1C(=O)C(c1ccccc1)c1ccccc1. The van der Waals surface area contributed by atoms with Crippen LogP contribution >= 0.6 is 0 Å². The third-order valence-corrected chi connectivity index (χ3v) is 6.45. The zero-order chi connectivity index (χ0) is 23.2. The summed E-state index contributed by atoms with van der Waals surface area (Å²) in [7, 11) is 3.43. The highest BCUT2D eigenvalue weighted by atomic mass is 16.5. The van der Waals surface area contributed by atoms with Gasteiger partial charge in [-0.3, -0.25) is 9.69 Å². The van der Waals surface area contributed by atoms with Crippen LogP contribution in [-0.2, 0) is 20.9 Å². The molecule has 3 aromatic rings. The number of likely N-dealkylation sites (N-methyl/N-ethyl adjacent to an activating group) is 1. The number of benzene rings is 3. The maximum atomic E-state index is 14.0. The number of ether oxygens (including phenoxy) is 1. The zero-order valence-corrected chi connectivity index (χ0v) is 19.1. The van der Waals surface area contributed by atoms with E-state index >= 15 is 0 Å². The number of esters is 1. The third kappa shape index (κ3) is 5.15. The molecule has 2 atom stereocenters. The summed E-state index contributed by atoms with van der Waals surface area (Å²) in [5.41, 5.74) is 3.03. The molecule has 0 bridgehead atoms. The van der Waals surface area contributed by atoms with Gasteiger partial charge in [0.25, 0.3) is 0 Å². The minimum absolute atomic E-state index is 0.0606. The minimum Gasteiger partial charge on any atom is -0.467 e. The Balaban J connectivity index is 1.62. The number of hydrogen-bond donors (Lipinski definition) is 0. The van der Waals surface area contributed by atoms with E-state index in [0.717, 1.165) is 17.7 Å². The van der Waals surface area contributed by atoms with Crippen molar-refractivity contribution >= 4 is 11.9 Å². The Bertz CT molecular complexity index is 1020. The number of likely N-dealkylation sites (tertiary alicyclic amines) is 1. The van der Waals surface area contributed by atoms with Crippen molar-refractivity contribution in [2.45, 2.75) is 31.0 Å². The van der Waals surface area contributed by atoms with Gasteiger partial charge in [0.15, 0.2) is 0 Å². The van der Waals surface area contributed by atoms with E-state index < -0.39 is 12.0 Å². The summed E-state index contributed by atoms with van der Waals surface area (Å²) in [5, 5.41) is 0. The number of carbonyl (C=O) groups is 2. The Kier molecular flexibility index (Phi) is 7.20. The van der Waals surface area contributed by atoms with Crippen LogP contribution in [0, 0.1) is 0 Å². The maximum Gasteiger partial charge on any atom is 0.328 e. The maximum absolute atomic E-state index is 14.0. The largest absolute Gasteiger partial charge is 0.467 e. The summed E-state index contributed by atoms with van der Waals surface area (Å²) in [6.07, 6.45) is 0.554. The second kappa shape index (κ2) is 10.5. The molecule has 0 N–H and O–H groups in total. The van der Waals surface area contributed by atoms with Crippen LogP contribution < -0.4 is 0 Å². The van der Waals surface area contributed by atoms with Crippen LogP contribution in [0.15, 0.2) is 91.0 Å². The molecule has 5 nitrogen and oxygen atoms in total. The molecule has 33 heavy (non-hydrogen) atoms. The van der Waals surface area contributed by atoms with Gasteiger partial charge in [0.05, 0.1) is 13.0 Å². The van der Waals surface area contributed by atoms with Gasteiger partial charge in [0, 0.05) is 19.1 Å². The molecule has 0 unspecified atom stereocenters. The Hall–Kier alpha value is -3.44. The van der Waals surface area contributed by atoms with E-state index in [0.29, 0.717) is 13.0 Å². The Morgan fingerprint density at radius 1 is 0.909 bits per heavy atom. The monoisotopic (exact) mass is 442 g/mol. The number of hydrogen-bond acceptors (Lipinski definition) is 4. The van der Waals surface area contributed by atoms with Crippen LogP contribution in [0.25, 0.3) is 0 Å². The van der Waals surface area contributed by atoms with E-state index in [1.165, 1.54) is 12.7 Å². The van der Waals surface area contributed by atoms with Crippen LogP contribution in [0.3, 0.4) is 0 Å². The first-order chi connectivity index (χ1) is 16.1. The van der Waals surface area contributed by atoms with Crippen LogP contribution in [0.2, 0.25) is 0 Å². The van der Waals surface area contributed by atoms with Crippen molar-refractivity contribution in [3.05, 3.63) is 108 Å². The van der Waals surface area contributed by atoms with Gasteiger partial charge in [-0.25, -0.2) is 4.79 Å². The molecular weight excluding hydrogens is 412 g/mol. The molecule has 0 radical (unpaired) electrons. The van der Waals surface area contributed by atoms with Gasteiger partial charge in [0.2, 0.25) is 5.91 Å². The highest BCUT2D eigenvalue weighted by Crippen LogP contribution is 2.32. The summed E-state index contributed by atoms with van der Waals surface area (Å²) in [4.78, 5) is 30.7. The molecule has 3 aromatic carbocycles. The molecule has 1 fully saturated rings. The van der Waals surface area contributed by atoms with Crippen molar-refractivity contribution in [2.75, 3.05) is 20.7 Å². The number of rotatable bonds is 7. The highest BCUT2D eigenvalue weighted by Gasteiger charge is 2.44. The van der Waals surface area contributed by atoms with Crippen molar-refractivity contribution in [3.8, 4) is 0 Å². The quantitative estimate of drug-likeness (QED) is 0.517. The molecule has 1 heterocycles. The normalized spacial score (nSPS) is 18.0. The van der Waals surface area contributed by atoms with Crippen molar-refractivity contribution in [1.82, 2.24) is 9.80 Å². The van der Waals surface area contributed by atoms with Gasteiger partial charge in [-0.2, -0.15) is 0 Å². The number of nitrogens with zero attached hydrogens (tertiary/aromatic N) is 2. The summed E-state index contributed by atoms with van der Waals surface area (Å²) < 4.78 is 5.10. The van der Waals surface area contributed by atoms with Gasteiger partial charge in [-0.05, 0) is 30.2 Å². The molecular formula is C28H30N2O3. The second-order valence-corrected chi connectivity index (χ2v) is 8.57. The fourth-order valence-electron chi connectivity index (χ4n) is 4.67. The summed E-state index contributed by atoms with van der Waals surface area (Å²) >= 11 is 0. The molecule has 0 saturated carbocycles. The number of carbonyl (C=O) groups excluding carboxylic acids is 2. The molecule has 0 aromatic heterocycles. The summed E-state index contributed by atoms with van der Waals surface area (Å²) in [5.74, 6) is -0.907. The number of methoxy groups -OCH3 is 1. The zero-order valence-electron chi connectivity index (χ0n) is 19.1. The van der Waals surface area contributed by atoms with Crippen LogP contribution in [-0.4, -0.2) is 54.5 Å². The van der Waals surface area contributed by atoms with Crippen LogP contribution in [0.4, 0.5) is 0 Å². The van der Waals surface area contributed by atoms with Gasteiger partial charge in [-0.15, -0.1) is 0 Å². The molecule has 4 rings (SSSR count). The minimum atomic E-state index is -0.597. The molecule has 1 aliphatic heterocycles. The highest BCUT2D eigenvalue weighted by molar-refractivity contribution is 5.91. The fraction of sp³-hybridized carbons (Fsp3) is 0.286. The lowest BCUT2D eigenvalue weighted by Gasteiger charge is -2.29. The van der Waals surface area contributed by atoms with Gasteiger partial charge in [0.1, 0.15) is 6.04 Å². The Morgan fingerprint density at radius 3 is 1.94 bits per heavy atom. The van der Waals surface area contributed by atoms with Crippen LogP contribution in [0.5, 0.6) is 0 Å². The smallest absolute Gasteiger partial charge is 0.328 e. The van der Waals surface area contributed by atoms with Crippen molar-refractivity contribution in [3.63, 3.8) is 0 Å². The van der Waals surface area contributed by atoms with Crippen molar-refractivity contribution in [1.29, 1.82) is 0 Å². The van der Waals surface area contributed by atoms with E-state index in [1.807, 2.05) is 85.9 Å². The Morgan fingerprint density at radius 2 is 1.42 bits per heavy atom. The van der Waals surface area contributed by atoms with Gasteiger partial charge in [-0.1, -0.05) is 91.0 Å². The molecule has 1 saturated heterocycles. The second-order valence-electron chi connectivity index (χ2n) is 8.57. The molecule has 1 aliphatic rings. The van der Waals surface area contributed by atoms with E-state index in [1.54, 1.807) is 4.90 Å². The standard InChI is InChI=1S/C28H30N2O3/c1-29(19-21-12-6-3-7-13-21)24-18-25(28(32)33-2)30(20-24)27(31)26(22-14-8-4-9-15-22)23-16-10-5-11-17-23/h3-17,24-26H,18-20H2,1-2H3/t24-,25-/m0/s1. The molecule has 170 valence electrons. The topological polar surface area (TPSA) is 49.9 Å². The van der Waals surface area contributed by atoms with E-state index in [2.05, 4.69) is 17.0 Å². The van der Waals surface area contributed by atoms with Gasteiger partial charge >= 0.3 is 5.97 Å². The number of amides is 1. The lowest BCUT2D eigenvalue weighted by Crippen LogP contribution is -2.44.